The molecule has 144 valence electrons. The minimum Gasteiger partial charge on any atom is -0.486 e. The molecule has 1 N–H and O–H groups in total. The number of rotatable bonds is 4. The normalized spacial score (nSPS) is 15.2. The zero-order valence-corrected chi connectivity index (χ0v) is 15.6. The van der Waals surface area contributed by atoms with E-state index in [2.05, 4.69) is 10.4 Å². The molecule has 0 saturated heterocycles. The van der Waals surface area contributed by atoms with Gasteiger partial charge in [0.2, 0.25) is 0 Å². The number of nitrogens with one attached hydrogen (secondary N) is 1. The summed E-state index contributed by atoms with van der Waals surface area (Å²) in [7, 11) is 0. The number of para-hydroxylation sites is 2. The second-order valence-electron chi connectivity index (χ2n) is 6.93. The Bertz CT molecular complexity index is 1180. The molecule has 1 atom stereocenters. The predicted molar refractivity (Wildman–Crippen MR) is 110 cm³/mol. The maximum Gasteiger partial charge on any atom is 0.256 e. The van der Waals surface area contributed by atoms with Gasteiger partial charge in [0.05, 0.1) is 18.4 Å². The van der Waals surface area contributed by atoms with Crippen LogP contribution < -0.4 is 14.8 Å². The van der Waals surface area contributed by atoms with Crippen LogP contribution in [0.3, 0.4) is 0 Å². The van der Waals surface area contributed by atoms with Crippen LogP contribution in [0.1, 0.15) is 10.4 Å². The van der Waals surface area contributed by atoms with Gasteiger partial charge in [-0.15, -0.1) is 0 Å². The number of benzene rings is 3. The number of amides is 1. The molecule has 1 unspecified atom stereocenters. The van der Waals surface area contributed by atoms with Crippen molar-refractivity contribution in [1.29, 1.82) is 0 Å². The van der Waals surface area contributed by atoms with E-state index in [1.165, 1.54) is 0 Å². The molecular formula is C23H19N3O3. The van der Waals surface area contributed by atoms with Crippen molar-refractivity contribution < 1.29 is 14.3 Å². The molecule has 0 aliphatic carbocycles. The summed E-state index contributed by atoms with van der Waals surface area (Å²) < 4.78 is 13.5. The van der Waals surface area contributed by atoms with Gasteiger partial charge in [-0.1, -0.05) is 48.5 Å². The number of fused-ring (bicyclic) bond motifs is 2. The van der Waals surface area contributed by atoms with Crippen molar-refractivity contribution in [2.75, 3.05) is 11.9 Å². The summed E-state index contributed by atoms with van der Waals surface area (Å²) in [6.45, 7) is 0.979. The van der Waals surface area contributed by atoms with Gasteiger partial charge in [0.15, 0.2) is 17.6 Å². The predicted octanol–water partition coefficient (Wildman–Crippen LogP) is 4.13. The summed E-state index contributed by atoms with van der Waals surface area (Å²) in [6.07, 6.45) is 3.29. The van der Waals surface area contributed by atoms with Crippen molar-refractivity contribution in [1.82, 2.24) is 9.78 Å². The zero-order chi connectivity index (χ0) is 19.6. The molecule has 1 amide bonds. The Morgan fingerprint density at radius 1 is 1.03 bits per heavy atom. The molecule has 1 aliphatic heterocycles. The molecule has 0 saturated carbocycles. The Hall–Kier alpha value is -3.80. The highest BCUT2D eigenvalue weighted by Gasteiger charge is 2.21. The van der Waals surface area contributed by atoms with Crippen molar-refractivity contribution in [3.63, 3.8) is 0 Å². The van der Waals surface area contributed by atoms with Gasteiger partial charge in [-0.3, -0.25) is 9.48 Å². The number of carbonyl (C=O) groups excluding carboxylic acids is 1. The van der Waals surface area contributed by atoms with E-state index in [9.17, 15) is 4.79 Å². The van der Waals surface area contributed by atoms with Gasteiger partial charge < -0.3 is 14.8 Å². The number of aromatic nitrogens is 2. The average Bonchev–Trinajstić information content (AvgIpc) is 3.19. The van der Waals surface area contributed by atoms with E-state index in [0.717, 1.165) is 22.3 Å². The molecule has 6 nitrogen and oxygen atoms in total. The molecule has 29 heavy (non-hydrogen) atoms. The largest absolute Gasteiger partial charge is 0.486 e. The lowest BCUT2D eigenvalue weighted by Gasteiger charge is -2.26. The third kappa shape index (κ3) is 3.52. The quantitative estimate of drug-likeness (QED) is 0.574. The third-order valence-electron chi connectivity index (χ3n) is 4.88. The van der Waals surface area contributed by atoms with Crippen LogP contribution in [0.15, 0.2) is 79.1 Å². The first-order valence-electron chi connectivity index (χ1n) is 9.46. The van der Waals surface area contributed by atoms with E-state index in [0.29, 0.717) is 24.4 Å². The molecule has 0 fully saturated rings. The van der Waals surface area contributed by atoms with Gasteiger partial charge in [0.1, 0.15) is 6.61 Å². The summed E-state index contributed by atoms with van der Waals surface area (Å²) in [4.78, 5) is 12.8. The van der Waals surface area contributed by atoms with Crippen molar-refractivity contribution in [2.24, 2.45) is 0 Å². The molecular weight excluding hydrogens is 366 g/mol. The smallest absolute Gasteiger partial charge is 0.256 e. The molecule has 1 aromatic heterocycles. The second kappa shape index (κ2) is 7.31. The number of hydrogen-bond acceptors (Lipinski definition) is 4. The topological polar surface area (TPSA) is 65.4 Å². The molecule has 0 spiro atoms. The van der Waals surface area contributed by atoms with Crippen LogP contribution >= 0.6 is 0 Å². The summed E-state index contributed by atoms with van der Waals surface area (Å²) in [5.41, 5.74) is 1.27. The lowest BCUT2D eigenvalue weighted by atomic mass is 10.0. The lowest BCUT2D eigenvalue weighted by Crippen LogP contribution is -2.33. The van der Waals surface area contributed by atoms with Crippen LogP contribution in [0.25, 0.3) is 10.8 Å². The van der Waals surface area contributed by atoms with Gasteiger partial charge >= 0.3 is 0 Å². The molecule has 1 aliphatic rings. The van der Waals surface area contributed by atoms with E-state index in [4.69, 9.17) is 9.47 Å². The van der Waals surface area contributed by atoms with Crippen LogP contribution in [0.5, 0.6) is 11.5 Å². The molecule has 5 rings (SSSR count). The van der Waals surface area contributed by atoms with Crippen molar-refractivity contribution in [2.45, 2.75) is 12.6 Å². The molecule has 3 aromatic carbocycles. The molecule has 4 aromatic rings. The Balaban J connectivity index is 1.28. The van der Waals surface area contributed by atoms with Crippen LogP contribution in [0, 0.1) is 0 Å². The number of hydrogen-bond donors (Lipinski definition) is 1. The minimum absolute atomic E-state index is 0.147. The van der Waals surface area contributed by atoms with Crippen molar-refractivity contribution >= 4 is 22.4 Å². The van der Waals surface area contributed by atoms with Crippen LogP contribution in [0.2, 0.25) is 0 Å². The van der Waals surface area contributed by atoms with Gasteiger partial charge in [-0.05, 0) is 29.0 Å². The molecule has 2 heterocycles. The average molecular weight is 385 g/mol. The van der Waals surface area contributed by atoms with Crippen molar-refractivity contribution in [3.05, 3.63) is 84.7 Å². The minimum atomic E-state index is -0.160. The van der Waals surface area contributed by atoms with E-state index in [1.807, 2.05) is 66.7 Å². The SMILES string of the molecule is O=C(Nc1cnn(CC2COc3ccccc3O2)c1)c1cccc2ccccc12. The molecule has 0 radical (unpaired) electrons. The lowest BCUT2D eigenvalue weighted by molar-refractivity contribution is 0.0759. The second-order valence-corrected chi connectivity index (χ2v) is 6.93. The van der Waals surface area contributed by atoms with Gasteiger partial charge in [-0.2, -0.15) is 5.10 Å². The standard InChI is InChI=1S/C23H19N3O3/c27-23(20-9-5-7-16-6-1-2-8-19(16)20)25-17-12-24-26(13-17)14-18-15-28-21-10-3-4-11-22(21)29-18/h1-13,18H,14-15H2,(H,25,27). The highest BCUT2D eigenvalue weighted by Crippen LogP contribution is 2.31. The monoisotopic (exact) mass is 385 g/mol. The fraction of sp³-hybridized carbons (Fsp3) is 0.130. The van der Waals surface area contributed by atoms with E-state index in [-0.39, 0.29) is 12.0 Å². The number of anilines is 1. The zero-order valence-electron chi connectivity index (χ0n) is 15.6. The summed E-state index contributed by atoms with van der Waals surface area (Å²) in [6, 6.07) is 21.2. The maximum atomic E-state index is 12.8. The first-order valence-corrected chi connectivity index (χ1v) is 9.46. The van der Waals surface area contributed by atoms with E-state index < -0.39 is 0 Å². The third-order valence-corrected chi connectivity index (χ3v) is 4.88. The van der Waals surface area contributed by atoms with Gasteiger partial charge in [0.25, 0.3) is 5.91 Å². The van der Waals surface area contributed by atoms with Gasteiger partial charge in [0, 0.05) is 11.8 Å². The van der Waals surface area contributed by atoms with Gasteiger partial charge in [-0.25, -0.2) is 0 Å². The Morgan fingerprint density at radius 3 is 2.76 bits per heavy atom. The summed E-state index contributed by atoms with van der Waals surface area (Å²) in [5, 5.41) is 9.23. The summed E-state index contributed by atoms with van der Waals surface area (Å²) in [5.74, 6) is 1.33. The van der Waals surface area contributed by atoms with Crippen LogP contribution in [0.4, 0.5) is 5.69 Å². The Labute approximate surface area is 167 Å². The first kappa shape index (κ1) is 17.3. The molecule has 0 bridgehead atoms. The Kier molecular flexibility index (Phi) is 4.37. The highest BCUT2D eigenvalue weighted by atomic mass is 16.6. The van der Waals surface area contributed by atoms with Crippen molar-refractivity contribution in [3.8, 4) is 11.5 Å². The number of nitrogens with zero attached hydrogens (tertiary/aromatic N) is 2. The molecule has 6 heteroatoms. The van der Waals surface area contributed by atoms with Crippen LogP contribution in [-0.2, 0) is 6.54 Å². The van der Waals surface area contributed by atoms with Crippen LogP contribution in [-0.4, -0.2) is 28.4 Å². The first-order chi connectivity index (χ1) is 14.3. The summed E-state index contributed by atoms with van der Waals surface area (Å²) >= 11 is 0. The highest BCUT2D eigenvalue weighted by molar-refractivity contribution is 6.12. The fourth-order valence-electron chi connectivity index (χ4n) is 3.51. The number of carbonyl (C=O) groups is 1. The Morgan fingerprint density at radius 2 is 1.83 bits per heavy atom. The maximum absolute atomic E-state index is 12.8. The number of ether oxygens (including phenoxy) is 2. The fourth-order valence-corrected chi connectivity index (χ4v) is 3.51. The van der Waals surface area contributed by atoms with E-state index >= 15 is 0 Å². The van der Waals surface area contributed by atoms with E-state index in [1.54, 1.807) is 17.1 Å².